The third-order valence-electron chi connectivity index (χ3n) is 15.4. The molecular weight excluding hydrogens is 872 g/mol. The van der Waals surface area contributed by atoms with E-state index in [1.165, 1.54) is 10.6 Å². The molecule has 4 N–H and O–H groups in total. The van der Waals surface area contributed by atoms with E-state index >= 15 is 9.18 Å². The Bertz CT molecular complexity index is 2630. The fourth-order valence-corrected chi connectivity index (χ4v) is 12.5. The maximum Gasteiger partial charge on any atom is 0.329 e. The van der Waals surface area contributed by atoms with Gasteiger partial charge < -0.3 is 15.5 Å². The highest BCUT2D eigenvalue weighted by Crippen LogP contribution is 2.63. The van der Waals surface area contributed by atoms with Crippen LogP contribution in [0.15, 0.2) is 59.4 Å². The third kappa shape index (κ3) is 7.76. The van der Waals surface area contributed by atoms with Crippen molar-refractivity contribution in [2.45, 2.75) is 131 Å². The van der Waals surface area contributed by atoms with Gasteiger partial charge in [-0.2, -0.15) is 0 Å². The number of imide groups is 1. The van der Waals surface area contributed by atoms with Crippen molar-refractivity contribution in [3.05, 3.63) is 97.6 Å². The molecule has 16 heteroatoms. The number of halogens is 3. The first-order chi connectivity index (χ1) is 31.3. The van der Waals surface area contributed by atoms with Crippen molar-refractivity contribution in [1.29, 1.82) is 0 Å². The molecule has 13 nitrogen and oxygen atoms in total. The lowest BCUT2D eigenvalue weighted by atomic mass is 9.55. The second-order valence-electron chi connectivity index (χ2n) is 18.9. The zero-order valence-electron chi connectivity index (χ0n) is 36.8. The number of piperidine rings is 1. The van der Waals surface area contributed by atoms with Crippen LogP contribution in [0.3, 0.4) is 0 Å². The number of likely N-dealkylation sites (N-methyl/N-ethyl adjacent to an activating group) is 1. The molecule has 2 saturated carbocycles. The fourth-order valence-electron chi connectivity index (χ4n) is 12.1. The topological polar surface area (TPSA) is 164 Å². The number of hydrogen-bond donors (Lipinski definition) is 4. The van der Waals surface area contributed by atoms with E-state index in [-0.39, 0.29) is 64.7 Å². The lowest BCUT2D eigenvalue weighted by Gasteiger charge is -2.47. The summed E-state index contributed by atoms with van der Waals surface area (Å²) in [5, 5.41) is 12.7. The largest absolute Gasteiger partial charge is 0.356 e. The lowest BCUT2D eigenvalue weighted by Crippen LogP contribution is -2.60. The van der Waals surface area contributed by atoms with Gasteiger partial charge in [-0.05, 0) is 111 Å². The van der Waals surface area contributed by atoms with Crippen LogP contribution in [-0.4, -0.2) is 74.8 Å². The summed E-state index contributed by atoms with van der Waals surface area (Å²) in [4.78, 5) is 82.2. The van der Waals surface area contributed by atoms with E-state index in [0.29, 0.717) is 66.9 Å². The molecule has 4 fully saturated rings. The van der Waals surface area contributed by atoms with Gasteiger partial charge in [-0.15, -0.1) is 0 Å². The van der Waals surface area contributed by atoms with Gasteiger partial charge in [0.1, 0.15) is 17.3 Å². The summed E-state index contributed by atoms with van der Waals surface area (Å²) in [6, 6.07) is 14.2. The first-order valence-electron chi connectivity index (χ1n) is 23.2. The summed E-state index contributed by atoms with van der Waals surface area (Å²) >= 11 is 12.9. The Morgan fingerprint density at radius 2 is 1.66 bits per heavy atom. The van der Waals surface area contributed by atoms with Crippen molar-refractivity contribution in [2.24, 2.45) is 13.0 Å². The number of anilines is 1. The number of nitrogens with zero attached hydrogens (tertiary/aromatic N) is 3. The minimum absolute atomic E-state index is 0.0190. The number of aromatic nitrogens is 2. The lowest BCUT2D eigenvalue weighted by molar-refractivity contribution is -0.137. The first kappa shape index (κ1) is 45.1. The molecule has 5 aliphatic rings. The summed E-state index contributed by atoms with van der Waals surface area (Å²) in [6.45, 7) is 0.556. The molecule has 3 aliphatic heterocycles. The number of carbonyl (C=O) groups is 5. The molecule has 9 rings (SSSR count). The van der Waals surface area contributed by atoms with E-state index in [0.717, 1.165) is 56.0 Å². The summed E-state index contributed by atoms with van der Waals surface area (Å²) in [5.41, 5.74) is 1.56. The maximum atomic E-state index is 16.4. The van der Waals surface area contributed by atoms with Crippen LogP contribution in [0, 0.1) is 11.7 Å². The predicted octanol–water partition coefficient (Wildman–Crippen LogP) is 6.96. The van der Waals surface area contributed by atoms with Crippen molar-refractivity contribution in [2.75, 3.05) is 18.9 Å². The minimum atomic E-state index is -1.31. The number of carbonyl (C=O) groups excluding carboxylic acids is 5. The quantitative estimate of drug-likeness (QED) is 0.0934. The Morgan fingerprint density at radius 3 is 2.42 bits per heavy atom. The Morgan fingerprint density at radius 1 is 0.892 bits per heavy atom. The highest BCUT2D eigenvalue weighted by atomic mass is 35.5. The maximum absolute atomic E-state index is 16.4. The van der Waals surface area contributed by atoms with Crippen LogP contribution < -0.4 is 27.0 Å². The number of imidazole rings is 1. The molecule has 0 radical (unpaired) electrons. The number of rotatable bonds is 11. The second kappa shape index (κ2) is 18.0. The molecule has 65 heavy (non-hydrogen) atoms. The van der Waals surface area contributed by atoms with Crippen LogP contribution in [0.4, 0.5) is 10.1 Å². The molecule has 344 valence electrons. The van der Waals surface area contributed by atoms with Crippen LogP contribution >= 0.6 is 23.2 Å². The highest BCUT2D eigenvalue weighted by Gasteiger charge is 2.72. The molecule has 2 aliphatic carbocycles. The number of unbranched alkanes of at least 4 members (excludes halogenated alkanes) is 2. The second-order valence-corrected chi connectivity index (χ2v) is 19.7. The van der Waals surface area contributed by atoms with E-state index in [2.05, 4.69) is 21.3 Å². The fraction of sp³-hybridized carbons (Fsp3) is 0.510. The van der Waals surface area contributed by atoms with Crippen molar-refractivity contribution < 1.29 is 28.4 Å². The van der Waals surface area contributed by atoms with E-state index in [9.17, 15) is 24.0 Å². The molecule has 1 unspecified atom stereocenters. The van der Waals surface area contributed by atoms with Crippen molar-refractivity contribution in [3.8, 4) is 0 Å². The Balaban J connectivity index is 0.812. The molecule has 4 atom stereocenters. The molecule has 0 bridgehead atoms. The van der Waals surface area contributed by atoms with Crippen LogP contribution in [0.25, 0.3) is 11.0 Å². The Kier molecular flexibility index (Phi) is 12.5. The van der Waals surface area contributed by atoms with Crippen molar-refractivity contribution in [1.82, 2.24) is 30.0 Å². The van der Waals surface area contributed by atoms with E-state index in [4.69, 9.17) is 23.2 Å². The standard InChI is InChI=1S/C49H56Cl2FN7O6/c1-57(45(63)42-40(32-11-9-12-34(51)41(32)52)49(48(56-42)23-6-4-7-24-48)33-19-16-30(50)27-35(33)54-46(49)64)31-17-14-29(15-18-31)43(61)53-25-8-3-5-10-28-13-20-36-38(26-28)58(2)47(65)59(36)37-21-22-39(60)55-44(37)62/h9,11-13,16,19-20,26-27,29,31,37,40,42,56H,3-8,10,14-15,17-18,21-25H2,1-2H3,(H,53,61)(H,54,64)(H,55,60,62)/t29-,31-,37?,40-,42+,49+/m0/s1. The van der Waals surface area contributed by atoms with Gasteiger partial charge in [0.15, 0.2) is 0 Å². The molecule has 4 heterocycles. The van der Waals surface area contributed by atoms with Gasteiger partial charge in [-0.3, -0.25) is 43.7 Å². The molecule has 1 aromatic heterocycles. The normalized spacial score (nSPS) is 26.0. The summed E-state index contributed by atoms with van der Waals surface area (Å²) < 4.78 is 19.4. The van der Waals surface area contributed by atoms with Crippen LogP contribution in [0.1, 0.15) is 119 Å². The molecule has 2 saturated heterocycles. The zero-order valence-corrected chi connectivity index (χ0v) is 38.3. The monoisotopic (exact) mass is 927 g/mol. The molecule has 4 aromatic rings. The zero-order chi connectivity index (χ0) is 45.8. The van der Waals surface area contributed by atoms with Gasteiger partial charge in [0.05, 0.1) is 22.1 Å². The van der Waals surface area contributed by atoms with Gasteiger partial charge in [0.25, 0.3) is 0 Å². The third-order valence-corrected chi connectivity index (χ3v) is 15.9. The number of fused-ring (bicyclic) bond motifs is 4. The van der Waals surface area contributed by atoms with Gasteiger partial charge in [0.2, 0.25) is 29.5 Å². The molecule has 3 aromatic carbocycles. The van der Waals surface area contributed by atoms with E-state index in [1.807, 2.05) is 24.3 Å². The van der Waals surface area contributed by atoms with Gasteiger partial charge in [0, 0.05) is 61.2 Å². The summed E-state index contributed by atoms with van der Waals surface area (Å²) in [5.74, 6) is -2.96. The van der Waals surface area contributed by atoms with Crippen molar-refractivity contribution in [3.63, 3.8) is 0 Å². The number of aryl methyl sites for hydroxylation is 2. The van der Waals surface area contributed by atoms with E-state index < -0.39 is 40.7 Å². The number of amides is 5. The van der Waals surface area contributed by atoms with Crippen LogP contribution in [0.5, 0.6) is 0 Å². The summed E-state index contributed by atoms with van der Waals surface area (Å²) in [7, 11) is 3.48. The minimum Gasteiger partial charge on any atom is -0.356 e. The average molecular weight is 929 g/mol. The van der Waals surface area contributed by atoms with Gasteiger partial charge in [-0.25, -0.2) is 9.18 Å². The number of hydrogen-bond acceptors (Lipinski definition) is 7. The van der Waals surface area contributed by atoms with Crippen molar-refractivity contribution >= 4 is 69.5 Å². The van der Waals surface area contributed by atoms with Gasteiger partial charge >= 0.3 is 5.69 Å². The first-order valence-corrected chi connectivity index (χ1v) is 23.9. The Hall–Kier alpha value is -5.05. The average Bonchev–Trinajstić information content (AvgIpc) is 3.85. The number of nitrogens with one attached hydrogen (secondary N) is 4. The molecular formula is C49H56Cl2FN7O6. The Labute approximate surface area is 387 Å². The smallest absolute Gasteiger partial charge is 0.329 e. The van der Waals surface area contributed by atoms with Crippen LogP contribution in [-0.2, 0) is 42.9 Å². The molecule has 5 amide bonds. The summed E-state index contributed by atoms with van der Waals surface area (Å²) in [6.07, 6.45) is 10.4. The highest BCUT2D eigenvalue weighted by molar-refractivity contribution is 6.31. The van der Waals surface area contributed by atoms with Gasteiger partial charge in [-0.1, -0.05) is 73.2 Å². The molecule has 2 spiro atoms. The predicted molar refractivity (Wildman–Crippen MR) is 246 cm³/mol. The SMILES string of the molecule is Cn1c(=O)n(C2CCC(=O)NC2=O)c2ccc(CCCCCNC(=O)[C@H]3CC[C@H](N(C)C(=O)[C@@H]4NC5(CCCCC5)[C@@]5(C(=O)Nc6cc(Cl)ccc65)[C@H]4c4cccc(Cl)c4F)CC3)cc21. The van der Waals surface area contributed by atoms with Crippen LogP contribution in [0.2, 0.25) is 10.0 Å². The number of benzene rings is 3. The van der Waals surface area contributed by atoms with E-state index in [1.54, 1.807) is 47.8 Å².